The quantitative estimate of drug-likeness (QED) is 0.396. The number of hydrogen-bond donors (Lipinski definition) is 0. The summed E-state index contributed by atoms with van der Waals surface area (Å²) in [5, 5.41) is 7.32. The number of rotatable bonds is 10. The third kappa shape index (κ3) is 7.41. The van der Waals surface area contributed by atoms with Gasteiger partial charge in [0.15, 0.2) is 0 Å². The van der Waals surface area contributed by atoms with Crippen molar-refractivity contribution in [2.75, 3.05) is 6.54 Å². The Morgan fingerprint density at radius 3 is 2.09 bits per heavy atom. The van der Waals surface area contributed by atoms with Crippen molar-refractivity contribution in [1.82, 2.24) is 4.90 Å². The number of hydrogen-bond acceptors (Lipinski definition) is 2. The monoisotopic (exact) mass is 440 g/mol. The van der Waals surface area contributed by atoms with E-state index >= 15 is 0 Å². The average Bonchev–Trinajstić information content (AvgIpc) is 2.80. The number of halogens is 2. The van der Waals surface area contributed by atoms with Crippen LogP contribution in [0.1, 0.15) is 69.6 Å². The van der Waals surface area contributed by atoms with Gasteiger partial charge in [0.1, 0.15) is 12.3 Å². The van der Waals surface area contributed by atoms with Crippen LogP contribution < -0.4 is 0 Å². The molecule has 0 spiro atoms. The van der Waals surface area contributed by atoms with Crippen LogP contribution in [0.2, 0.25) is 0 Å². The topological polar surface area (TPSA) is 27.0 Å². The minimum Gasteiger partial charge on any atom is -0.298 e. The van der Waals surface area contributed by atoms with Gasteiger partial charge >= 0.3 is 0 Å². The van der Waals surface area contributed by atoms with E-state index in [4.69, 9.17) is 5.26 Å². The molecule has 0 radical (unpaired) electrons. The molecule has 1 fully saturated rings. The summed E-state index contributed by atoms with van der Waals surface area (Å²) in [4.78, 5) is 2.63. The molecule has 0 saturated heterocycles. The maximum atomic E-state index is 13.6. The predicted molar refractivity (Wildman–Crippen MR) is 129 cm³/mol. The lowest BCUT2D eigenvalue weighted by Crippen LogP contribution is -2.41. The smallest absolute Gasteiger partial charge is 0.138 e. The number of aryl methyl sites for hydroxylation is 1. The first-order valence-corrected chi connectivity index (χ1v) is 11.9. The first kappa shape index (κ1) is 26.0. The fourth-order valence-corrected chi connectivity index (χ4v) is 4.51. The van der Waals surface area contributed by atoms with Crippen molar-refractivity contribution in [1.29, 1.82) is 5.26 Å². The van der Waals surface area contributed by atoms with Crippen LogP contribution in [-0.4, -0.2) is 35.9 Å². The molecule has 0 aliphatic heterocycles. The molecule has 0 bridgehead atoms. The van der Waals surface area contributed by atoms with Crippen molar-refractivity contribution in [2.24, 2.45) is 0 Å². The second-order valence-electron chi connectivity index (χ2n) is 8.94. The summed E-state index contributed by atoms with van der Waals surface area (Å²) in [5.74, 6) is -0.253. The predicted octanol–water partition coefficient (Wildman–Crippen LogP) is 7.04. The minimum absolute atomic E-state index is 0.253. The lowest BCUT2D eigenvalue weighted by molar-refractivity contribution is 0.0428. The third-order valence-corrected chi connectivity index (χ3v) is 6.49. The number of benzene rings is 2. The van der Waals surface area contributed by atoms with Crippen molar-refractivity contribution in [3.05, 3.63) is 71.3 Å². The number of alkyl halides is 2. The number of nitriles is 1. The molecule has 2 aromatic rings. The number of nitrogens with zero attached hydrogens (tertiary/aromatic N) is 2. The molecule has 0 heterocycles. The van der Waals surface area contributed by atoms with Gasteiger partial charge in [0.2, 0.25) is 0 Å². The van der Waals surface area contributed by atoms with Crippen LogP contribution in [0.15, 0.2) is 54.6 Å². The van der Waals surface area contributed by atoms with E-state index in [1.165, 1.54) is 18.1 Å². The van der Waals surface area contributed by atoms with Gasteiger partial charge in [-0.25, -0.2) is 8.78 Å². The summed E-state index contributed by atoms with van der Waals surface area (Å²) >= 11 is 0. The maximum absolute atomic E-state index is 13.6. The maximum Gasteiger partial charge on any atom is 0.138 e. The van der Waals surface area contributed by atoms with E-state index < -0.39 is 12.3 Å². The molecule has 2 nitrogen and oxygen atoms in total. The summed E-state index contributed by atoms with van der Waals surface area (Å²) in [6.07, 6.45) is 2.06. The molecule has 4 unspecified atom stereocenters. The molecule has 4 heteroatoms. The highest BCUT2D eigenvalue weighted by molar-refractivity contribution is 5.29. The van der Waals surface area contributed by atoms with Gasteiger partial charge in [-0.05, 0) is 62.6 Å². The second-order valence-corrected chi connectivity index (χ2v) is 8.94. The highest BCUT2D eigenvalue weighted by atomic mass is 19.2. The zero-order chi connectivity index (χ0) is 23.5. The third-order valence-electron chi connectivity index (χ3n) is 6.49. The van der Waals surface area contributed by atoms with E-state index in [9.17, 15) is 8.78 Å². The second kappa shape index (κ2) is 13.3. The normalized spacial score (nSPS) is 20.8. The van der Waals surface area contributed by atoms with Gasteiger partial charge in [-0.2, -0.15) is 5.26 Å². The molecule has 0 aromatic heterocycles. The van der Waals surface area contributed by atoms with E-state index in [0.717, 1.165) is 37.8 Å². The fraction of sp³-hybridized carbons (Fsp3) is 0.536. The molecule has 1 aliphatic carbocycles. The fourth-order valence-electron chi connectivity index (χ4n) is 4.51. The molecule has 0 amide bonds. The summed E-state index contributed by atoms with van der Waals surface area (Å²) in [6, 6.07) is 21.7. The Labute approximate surface area is 193 Å². The Bertz CT molecular complexity index is 814. The van der Waals surface area contributed by atoms with Crippen LogP contribution in [0.4, 0.5) is 8.78 Å². The zero-order valence-corrected chi connectivity index (χ0v) is 20.0. The first-order chi connectivity index (χ1) is 15.4. The SMILES string of the molecule is CC#N.CCC(CCc1ccc(C2CC(F)C2F)cc1)N(CCc1ccccc1)C(C)C. The van der Waals surface area contributed by atoms with Gasteiger partial charge in [0.25, 0.3) is 0 Å². The lowest BCUT2D eigenvalue weighted by atomic mass is 9.76. The van der Waals surface area contributed by atoms with Gasteiger partial charge in [0, 0.05) is 31.5 Å². The first-order valence-electron chi connectivity index (χ1n) is 11.9. The standard InChI is InChI=1S/C26H35F2N.C2H3N/c1-4-23(29(19(2)3)17-16-20-8-6-5-7-9-20)15-12-21-10-13-22(14-11-21)24-18-25(27)26(24)28;1-2-3/h5-11,13-14,19,23-26H,4,12,15-18H2,1-3H3;1H3. The summed E-state index contributed by atoms with van der Waals surface area (Å²) in [7, 11) is 0. The molecule has 2 aromatic carbocycles. The van der Waals surface area contributed by atoms with Crippen LogP contribution in [0.3, 0.4) is 0 Å². The van der Waals surface area contributed by atoms with Crippen LogP contribution in [-0.2, 0) is 12.8 Å². The minimum atomic E-state index is -1.32. The molecule has 0 N–H and O–H groups in total. The largest absolute Gasteiger partial charge is 0.298 e. The Kier molecular flexibility index (Phi) is 10.8. The van der Waals surface area contributed by atoms with Crippen molar-refractivity contribution in [2.45, 2.75) is 90.1 Å². The van der Waals surface area contributed by atoms with Crippen LogP contribution >= 0.6 is 0 Å². The van der Waals surface area contributed by atoms with Crippen molar-refractivity contribution in [3.8, 4) is 6.07 Å². The van der Waals surface area contributed by atoms with Crippen LogP contribution in [0.5, 0.6) is 0 Å². The van der Waals surface area contributed by atoms with E-state index in [0.29, 0.717) is 18.5 Å². The van der Waals surface area contributed by atoms with Crippen molar-refractivity contribution >= 4 is 0 Å². The molecule has 32 heavy (non-hydrogen) atoms. The molecular weight excluding hydrogens is 402 g/mol. The molecule has 174 valence electrons. The van der Waals surface area contributed by atoms with E-state index in [-0.39, 0.29) is 5.92 Å². The molecule has 1 aliphatic rings. The molecular formula is C28H38F2N2. The van der Waals surface area contributed by atoms with Gasteiger partial charge < -0.3 is 0 Å². The average molecular weight is 441 g/mol. The Balaban J connectivity index is 0.00000114. The molecule has 3 rings (SSSR count). The van der Waals surface area contributed by atoms with E-state index in [1.807, 2.05) is 12.1 Å². The Hall–Kier alpha value is -2.25. The summed E-state index contributed by atoms with van der Waals surface area (Å²) in [5.41, 5.74) is 3.61. The van der Waals surface area contributed by atoms with Crippen molar-refractivity contribution in [3.63, 3.8) is 0 Å². The lowest BCUT2D eigenvalue weighted by Gasteiger charge is -2.35. The Morgan fingerprint density at radius 1 is 1.00 bits per heavy atom. The van der Waals surface area contributed by atoms with Gasteiger partial charge in [-0.3, -0.25) is 4.90 Å². The zero-order valence-electron chi connectivity index (χ0n) is 20.0. The van der Waals surface area contributed by atoms with Gasteiger partial charge in [-0.1, -0.05) is 61.5 Å². The highest BCUT2D eigenvalue weighted by Crippen LogP contribution is 2.41. The molecule has 4 atom stereocenters. The van der Waals surface area contributed by atoms with Gasteiger partial charge in [-0.15, -0.1) is 0 Å². The van der Waals surface area contributed by atoms with Crippen LogP contribution in [0.25, 0.3) is 0 Å². The van der Waals surface area contributed by atoms with Gasteiger partial charge in [0.05, 0.1) is 6.07 Å². The van der Waals surface area contributed by atoms with E-state index in [1.54, 1.807) is 6.07 Å². The Morgan fingerprint density at radius 2 is 1.59 bits per heavy atom. The van der Waals surface area contributed by atoms with E-state index in [2.05, 4.69) is 68.1 Å². The summed E-state index contributed by atoms with van der Waals surface area (Å²) < 4.78 is 26.7. The highest BCUT2D eigenvalue weighted by Gasteiger charge is 2.42. The summed E-state index contributed by atoms with van der Waals surface area (Å²) in [6.45, 7) is 9.35. The molecule has 1 saturated carbocycles. The van der Waals surface area contributed by atoms with Crippen molar-refractivity contribution < 1.29 is 8.78 Å². The van der Waals surface area contributed by atoms with Crippen LogP contribution in [0, 0.1) is 11.3 Å².